The molecule has 5 aromatic rings. The van der Waals surface area contributed by atoms with Gasteiger partial charge in [0, 0.05) is 27.6 Å². The monoisotopic (exact) mass is 571 g/mol. The first kappa shape index (κ1) is 24.0. The highest BCUT2D eigenvalue weighted by atomic mass is 35.5. The first-order chi connectivity index (χ1) is 19.0. The number of hydrogen-bond acceptors (Lipinski definition) is 7. The normalized spacial score (nSPS) is 16.4. The molecule has 3 aromatic heterocycles. The van der Waals surface area contributed by atoms with E-state index in [0.717, 1.165) is 34.6 Å². The molecule has 0 N–H and O–H groups in total. The van der Waals surface area contributed by atoms with Gasteiger partial charge < -0.3 is 4.42 Å². The van der Waals surface area contributed by atoms with Crippen molar-refractivity contribution >= 4 is 51.7 Å². The summed E-state index contributed by atoms with van der Waals surface area (Å²) in [6.45, 7) is 0. The lowest BCUT2D eigenvalue weighted by Crippen LogP contribution is -2.38. The third-order valence-corrected chi connectivity index (χ3v) is 9.15. The van der Waals surface area contributed by atoms with Gasteiger partial charge in [-0.05, 0) is 59.7 Å². The van der Waals surface area contributed by atoms with Gasteiger partial charge in [-0.3, -0.25) is 19.5 Å². The van der Waals surface area contributed by atoms with Crippen LogP contribution < -0.4 is 14.9 Å². The summed E-state index contributed by atoms with van der Waals surface area (Å²) in [5.74, 6) is 0.738. The van der Waals surface area contributed by atoms with E-state index in [1.165, 1.54) is 23.0 Å². The fourth-order valence-electron chi connectivity index (χ4n) is 5.29. The molecule has 0 bridgehead atoms. The Hall–Kier alpha value is -4.05. The highest BCUT2D eigenvalue weighted by molar-refractivity contribution is 7.10. The maximum Gasteiger partial charge on any atom is 0.281 e. The van der Waals surface area contributed by atoms with Crippen molar-refractivity contribution in [3.8, 4) is 11.3 Å². The van der Waals surface area contributed by atoms with Crippen LogP contribution in [0.2, 0.25) is 5.02 Å². The summed E-state index contributed by atoms with van der Waals surface area (Å²) in [5, 5.41) is 13.9. The van der Waals surface area contributed by atoms with Gasteiger partial charge in [-0.25, -0.2) is 4.99 Å². The smallest absolute Gasteiger partial charge is 0.281 e. The number of hydrogen-bond donors (Lipinski definition) is 0. The minimum atomic E-state index is -0.494. The van der Waals surface area contributed by atoms with E-state index in [1.54, 1.807) is 46.2 Å². The van der Waals surface area contributed by atoms with Crippen molar-refractivity contribution in [2.24, 2.45) is 4.99 Å². The predicted molar refractivity (Wildman–Crippen MR) is 153 cm³/mol. The van der Waals surface area contributed by atoms with Gasteiger partial charge in [-0.15, -0.1) is 11.3 Å². The molecule has 1 aliphatic carbocycles. The SMILES string of the molecule is O=c1/c(=C\c2ccc(-c3ccc(Cl)cc3[N+](=O)[O-])o2)sc2n1C(c1cccs1)C1=C(N=2)c2ccccc2CC1. The minimum Gasteiger partial charge on any atom is -0.456 e. The summed E-state index contributed by atoms with van der Waals surface area (Å²) in [4.78, 5) is 31.6. The van der Waals surface area contributed by atoms with Crippen LogP contribution in [0.25, 0.3) is 23.1 Å². The molecule has 192 valence electrons. The number of allylic oxidation sites excluding steroid dienone is 1. The van der Waals surface area contributed by atoms with Crippen molar-refractivity contribution in [3.63, 3.8) is 0 Å². The first-order valence-corrected chi connectivity index (χ1v) is 14.3. The number of benzene rings is 2. The third kappa shape index (κ3) is 4.01. The summed E-state index contributed by atoms with van der Waals surface area (Å²) >= 11 is 8.91. The molecule has 0 radical (unpaired) electrons. The van der Waals surface area contributed by atoms with Gasteiger partial charge in [0.2, 0.25) is 0 Å². The fourth-order valence-corrected chi connectivity index (χ4v) is 7.28. The number of thiazole rings is 1. The molecular formula is C29H18ClN3O4S2. The van der Waals surface area contributed by atoms with E-state index < -0.39 is 4.92 Å². The van der Waals surface area contributed by atoms with Crippen LogP contribution in [0, 0.1) is 10.1 Å². The van der Waals surface area contributed by atoms with Gasteiger partial charge in [-0.2, -0.15) is 0 Å². The van der Waals surface area contributed by atoms with Crippen LogP contribution in [-0.4, -0.2) is 9.49 Å². The molecule has 10 heteroatoms. The van der Waals surface area contributed by atoms with Crippen LogP contribution in [0.15, 0.2) is 91.9 Å². The molecule has 39 heavy (non-hydrogen) atoms. The molecule has 0 amide bonds. The van der Waals surface area contributed by atoms with Crippen molar-refractivity contribution in [1.29, 1.82) is 0 Å². The molecular weight excluding hydrogens is 554 g/mol. The van der Waals surface area contributed by atoms with Crippen LogP contribution in [-0.2, 0) is 6.42 Å². The molecule has 1 aliphatic heterocycles. The van der Waals surface area contributed by atoms with E-state index in [4.69, 9.17) is 21.0 Å². The maximum atomic E-state index is 13.8. The van der Waals surface area contributed by atoms with Crippen molar-refractivity contribution in [1.82, 2.24) is 4.57 Å². The van der Waals surface area contributed by atoms with Crippen LogP contribution in [0.5, 0.6) is 0 Å². The topological polar surface area (TPSA) is 90.6 Å². The Morgan fingerprint density at radius 2 is 1.95 bits per heavy atom. The number of fused-ring (bicyclic) bond motifs is 3. The van der Waals surface area contributed by atoms with Crippen molar-refractivity contribution in [3.05, 3.63) is 134 Å². The lowest BCUT2D eigenvalue weighted by atomic mass is 9.85. The summed E-state index contributed by atoms with van der Waals surface area (Å²) in [6, 6.07) is 20.0. The Bertz CT molecular complexity index is 2000. The van der Waals surface area contributed by atoms with E-state index in [9.17, 15) is 14.9 Å². The summed E-state index contributed by atoms with van der Waals surface area (Å²) in [7, 11) is 0. The number of nitro benzene ring substituents is 1. The van der Waals surface area contributed by atoms with Crippen LogP contribution >= 0.6 is 34.3 Å². The predicted octanol–water partition coefficient (Wildman–Crippen LogP) is 6.20. The highest BCUT2D eigenvalue weighted by Crippen LogP contribution is 2.42. The number of furan rings is 1. The zero-order valence-corrected chi connectivity index (χ0v) is 22.6. The van der Waals surface area contributed by atoms with Crippen LogP contribution in [0.3, 0.4) is 0 Å². The van der Waals surface area contributed by atoms with E-state index in [-0.39, 0.29) is 22.3 Å². The van der Waals surface area contributed by atoms with Crippen LogP contribution in [0.1, 0.15) is 34.2 Å². The van der Waals surface area contributed by atoms with Crippen molar-refractivity contribution in [2.75, 3.05) is 0 Å². The maximum absolute atomic E-state index is 13.8. The fraction of sp³-hybridized carbons (Fsp3) is 0.103. The molecule has 2 aromatic carbocycles. The second-order valence-corrected chi connectivity index (χ2v) is 11.7. The molecule has 1 atom stereocenters. The van der Waals surface area contributed by atoms with E-state index in [0.29, 0.717) is 26.4 Å². The summed E-state index contributed by atoms with van der Waals surface area (Å²) < 4.78 is 8.22. The number of nitro groups is 1. The molecule has 4 heterocycles. The third-order valence-electron chi connectivity index (χ3n) is 7.01. The average Bonchev–Trinajstić information content (AvgIpc) is 3.69. The highest BCUT2D eigenvalue weighted by Gasteiger charge is 2.33. The molecule has 7 rings (SSSR count). The van der Waals surface area contributed by atoms with Gasteiger partial charge in [0.1, 0.15) is 11.5 Å². The zero-order valence-electron chi connectivity index (χ0n) is 20.2. The molecule has 0 fully saturated rings. The zero-order chi connectivity index (χ0) is 26.7. The van der Waals surface area contributed by atoms with E-state index in [1.807, 2.05) is 23.6 Å². The molecule has 0 saturated heterocycles. The molecule has 7 nitrogen and oxygen atoms in total. The Labute approximate surface area is 234 Å². The van der Waals surface area contributed by atoms with Gasteiger partial charge >= 0.3 is 0 Å². The van der Waals surface area contributed by atoms with E-state index >= 15 is 0 Å². The van der Waals surface area contributed by atoms with Crippen molar-refractivity contribution < 1.29 is 9.34 Å². The van der Waals surface area contributed by atoms with Crippen LogP contribution in [0.4, 0.5) is 5.69 Å². The first-order valence-electron chi connectivity index (χ1n) is 12.2. The molecule has 0 saturated carbocycles. The second-order valence-electron chi connectivity index (χ2n) is 9.25. The second kappa shape index (κ2) is 9.30. The largest absolute Gasteiger partial charge is 0.456 e. The Balaban J connectivity index is 1.37. The van der Waals surface area contributed by atoms with E-state index in [2.05, 4.69) is 18.2 Å². The van der Waals surface area contributed by atoms with Gasteiger partial charge in [0.15, 0.2) is 4.80 Å². The number of nitrogens with zero attached hydrogens (tertiary/aromatic N) is 3. The number of halogens is 1. The summed E-state index contributed by atoms with van der Waals surface area (Å²) in [5.41, 5.74) is 4.53. The molecule has 2 aliphatic rings. The van der Waals surface area contributed by atoms with Gasteiger partial charge in [0.05, 0.1) is 26.8 Å². The minimum absolute atomic E-state index is 0.141. The lowest BCUT2D eigenvalue weighted by Gasteiger charge is -2.30. The Morgan fingerprint density at radius 1 is 1.08 bits per heavy atom. The number of aromatic nitrogens is 1. The van der Waals surface area contributed by atoms with Gasteiger partial charge in [-0.1, -0.05) is 53.3 Å². The number of rotatable bonds is 4. The summed E-state index contributed by atoms with van der Waals surface area (Å²) in [6.07, 6.45) is 3.42. The quantitative estimate of drug-likeness (QED) is 0.190. The average molecular weight is 572 g/mol. The number of thiophene rings is 1. The van der Waals surface area contributed by atoms with Crippen molar-refractivity contribution in [2.45, 2.75) is 18.9 Å². The number of aryl methyl sites for hydroxylation is 1. The van der Waals surface area contributed by atoms with Gasteiger partial charge in [0.25, 0.3) is 11.2 Å². The standard InChI is InChI=1S/C29H18ClN3O4S2/c30-17-8-11-20(22(14-17)33(35)36)23-12-9-18(37-23)15-25-28(34)32-27(24-6-3-13-38-24)21-10-7-16-4-1-2-5-19(16)26(21)31-29(32)39-25/h1-6,8-9,11-15,27H,7,10H2/b25-15+. The lowest BCUT2D eigenvalue weighted by molar-refractivity contribution is -0.384. The Morgan fingerprint density at radius 3 is 2.77 bits per heavy atom. The molecule has 0 spiro atoms. The Kier molecular flexibility index (Phi) is 5.73. The molecule has 1 unspecified atom stereocenters.